The van der Waals surface area contributed by atoms with E-state index < -0.39 is 0 Å². The third-order valence-electron chi connectivity index (χ3n) is 2.44. The molecule has 0 aliphatic carbocycles. The van der Waals surface area contributed by atoms with Gasteiger partial charge in [-0.3, -0.25) is 10.4 Å². The van der Waals surface area contributed by atoms with E-state index >= 15 is 0 Å². The Labute approximate surface area is 117 Å². The molecule has 0 bridgehead atoms. The van der Waals surface area contributed by atoms with Crippen molar-refractivity contribution in [2.24, 2.45) is 5.10 Å². The number of nitrogens with zero attached hydrogens (tertiary/aromatic N) is 2. The first-order chi connectivity index (χ1) is 9.25. The molecule has 2 N–H and O–H groups in total. The highest BCUT2D eigenvalue weighted by Crippen LogP contribution is 2.04. The largest absolute Gasteiger partial charge is 0.331 e. The van der Waals surface area contributed by atoms with Crippen LogP contribution in [0.15, 0.2) is 60.0 Å². The number of thiocarbonyl (C=S) groups is 1. The molecule has 0 aliphatic rings. The second-order valence-electron chi connectivity index (χ2n) is 3.87. The van der Waals surface area contributed by atoms with E-state index in [-0.39, 0.29) is 0 Å². The molecule has 0 amide bonds. The molecule has 0 unspecified atom stereocenters. The van der Waals surface area contributed by atoms with Crippen molar-refractivity contribution < 1.29 is 0 Å². The molecule has 2 aromatic rings. The zero-order chi connectivity index (χ0) is 13.5. The fourth-order valence-corrected chi connectivity index (χ4v) is 1.62. The number of rotatable bonds is 3. The average molecular weight is 270 g/mol. The lowest BCUT2D eigenvalue weighted by atomic mass is 10.2. The van der Waals surface area contributed by atoms with Crippen molar-refractivity contribution in [2.45, 2.75) is 6.92 Å². The third-order valence-corrected chi connectivity index (χ3v) is 2.63. The molecule has 0 fully saturated rings. The van der Waals surface area contributed by atoms with Gasteiger partial charge in [-0.05, 0) is 37.3 Å². The Morgan fingerprint density at radius 1 is 1.16 bits per heavy atom. The van der Waals surface area contributed by atoms with E-state index in [0.29, 0.717) is 5.11 Å². The molecule has 1 aromatic carbocycles. The molecule has 5 heteroatoms. The molecule has 2 rings (SSSR count). The van der Waals surface area contributed by atoms with Crippen molar-refractivity contribution in [3.63, 3.8) is 0 Å². The maximum Gasteiger partial charge on any atom is 0.191 e. The molecular weight excluding hydrogens is 256 g/mol. The number of hydrogen-bond donors (Lipinski definition) is 2. The fraction of sp³-hybridized carbons (Fsp3) is 0.0714. The highest BCUT2D eigenvalue weighted by molar-refractivity contribution is 7.80. The number of anilines is 1. The minimum Gasteiger partial charge on any atom is -0.331 e. The van der Waals surface area contributed by atoms with Crippen molar-refractivity contribution >= 4 is 28.7 Å². The number of pyridine rings is 1. The summed E-state index contributed by atoms with van der Waals surface area (Å²) in [5, 5.41) is 7.71. The number of hydrazone groups is 1. The lowest BCUT2D eigenvalue weighted by Crippen LogP contribution is -2.24. The smallest absolute Gasteiger partial charge is 0.191 e. The van der Waals surface area contributed by atoms with Gasteiger partial charge >= 0.3 is 0 Å². The molecule has 1 aromatic heterocycles. The normalized spacial score (nSPS) is 10.9. The first-order valence-corrected chi connectivity index (χ1v) is 6.23. The lowest BCUT2D eigenvalue weighted by Gasteiger charge is -2.07. The molecule has 4 nitrogen and oxygen atoms in total. The van der Waals surface area contributed by atoms with E-state index in [4.69, 9.17) is 12.2 Å². The second-order valence-corrected chi connectivity index (χ2v) is 4.28. The number of hydrogen-bond acceptors (Lipinski definition) is 3. The molecule has 19 heavy (non-hydrogen) atoms. The van der Waals surface area contributed by atoms with Crippen LogP contribution in [0.4, 0.5) is 5.69 Å². The first kappa shape index (κ1) is 13.2. The topological polar surface area (TPSA) is 49.3 Å². The van der Waals surface area contributed by atoms with Crippen LogP contribution in [-0.4, -0.2) is 15.8 Å². The van der Waals surface area contributed by atoms with Crippen molar-refractivity contribution in [1.82, 2.24) is 10.4 Å². The van der Waals surface area contributed by atoms with E-state index in [0.717, 1.165) is 17.0 Å². The summed E-state index contributed by atoms with van der Waals surface area (Å²) in [7, 11) is 0. The zero-order valence-electron chi connectivity index (χ0n) is 10.5. The van der Waals surface area contributed by atoms with Gasteiger partial charge in [-0.25, -0.2) is 0 Å². The molecular formula is C14H14N4S. The van der Waals surface area contributed by atoms with Crippen LogP contribution in [0, 0.1) is 0 Å². The lowest BCUT2D eigenvalue weighted by molar-refractivity contribution is 1.04. The van der Waals surface area contributed by atoms with Gasteiger partial charge in [-0.2, -0.15) is 5.10 Å². The summed E-state index contributed by atoms with van der Waals surface area (Å²) in [5.74, 6) is 0. The maximum atomic E-state index is 5.16. The highest BCUT2D eigenvalue weighted by atomic mass is 32.1. The molecule has 0 atom stereocenters. The van der Waals surface area contributed by atoms with Gasteiger partial charge < -0.3 is 5.32 Å². The molecule has 0 saturated carbocycles. The van der Waals surface area contributed by atoms with E-state index in [1.54, 1.807) is 12.4 Å². The van der Waals surface area contributed by atoms with Gasteiger partial charge in [-0.1, -0.05) is 24.3 Å². The minimum absolute atomic E-state index is 0.453. The van der Waals surface area contributed by atoms with Crippen LogP contribution in [0.3, 0.4) is 0 Å². The van der Waals surface area contributed by atoms with E-state index in [9.17, 15) is 0 Å². The molecule has 96 valence electrons. The van der Waals surface area contributed by atoms with E-state index in [1.807, 2.05) is 49.4 Å². The van der Waals surface area contributed by atoms with E-state index in [1.165, 1.54) is 0 Å². The van der Waals surface area contributed by atoms with Crippen LogP contribution in [-0.2, 0) is 0 Å². The summed E-state index contributed by atoms with van der Waals surface area (Å²) < 4.78 is 0. The number of benzene rings is 1. The Kier molecular flexibility index (Phi) is 4.58. The monoisotopic (exact) mass is 270 g/mol. The fourth-order valence-electron chi connectivity index (χ4n) is 1.46. The Morgan fingerprint density at radius 3 is 2.63 bits per heavy atom. The molecule has 1 heterocycles. The van der Waals surface area contributed by atoms with Gasteiger partial charge in [0.15, 0.2) is 5.11 Å². The van der Waals surface area contributed by atoms with Crippen molar-refractivity contribution in [1.29, 1.82) is 0 Å². The second kappa shape index (κ2) is 6.61. The van der Waals surface area contributed by atoms with Gasteiger partial charge in [0.05, 0.1) is 5.71 Å². The highest BCUT2D eigenvalue weighted by Gasteiger charge is 1.98. The number of nitrogens with one attached hydrogen (secondary N) is 2. The Hall–Kier alpha value is -2.27. The quantitative estimate of drug-likeness (QED) is 0.511. The number of aromatic nitrogens is 1. The van der Waals surface area contributed by atoms with Crippen LogP contribution in [0.1, 0.15) is 12.5 Å². The summed E-state index contributed by atoms with van der Waals surface area (Å²) in [6, 6.07) is 13.5. The Balaban J connectivity index is 1.93. The molecule has 0 aliphatic heterocycles. The van der Waals surface area contributed by atoms with Gasteiger partial charge in [0.1, 0.15) is 0 Å². The summed E-state index contributed by atoms with van der Waals surface area (Å²) in [6.45, 7) is 1.90. The van der Waals surface area contributed by atoms with Gasteiger partial charge in [0.25, 0.3) is 0 Å². The summed E-state index contributed by atoms with van der Waals surface area (Å²) in [4.78, 5) is 4.04. The van der Waals surface area contributed by atoms with Crippen LogP contribution in [0.5, 0.6) is 0 Å². The Bertz CT molecular complexity index is 567. The van der Waals surface area contributed by atoms with E-state index in [2.05, 4.69) is 20.8 Å². The SMILES string of the molecule is C/C(=N\NC(=S)Nc1ccccc1)c1cccnc1. The number of para-hydroxylation sites is 1. The standard InChI is InChI=1S/C14H14N4S/c1-11(12-6-5-9-15-10-12)17-18-14(19)16-13-7-3-2-4-8-13/h2-10H,1H3,(H2,16,18,19)/b17-11+. The third kappa shape index (κ3) is 4.15. The van der Waals surface area contributed by atoms with Gasteiger partial charge in [-0.15, -0.1) is 0 Å². The molecule has 0 spiro atoms. The van der Waals surface area contributed by atoms with Gasteiger partial charge in [0.2, 0.25) is 0 Å². The Morgan fingerprint density at radius 2 is 1.95 bits per heavy atom. The molecule has 0 saturated heterocycles. The predicted molar refractivity (Wildman–Crippen MR) is 82.2 cm³/mol. The van der Waals surface area contributed by atoms with Crippen LogP contribution in [0.25, 0.3) is 0 Å². The average Bonchev–Trinajstić information content (AvgIpc) is 2.47. The first-order valence-electron chi connectivity index (χ1n) is 5.82. The zero-order valence-corrected chi connectivity index (χ0v) is 11.3. The van der Waals surface area contributed by atoms with Crippen molar-refractivity contribution in [3.05, 3.63) is 60.4 Å². The van der Waals surface area contributed by atoms with Crippen LogP contribution < -0.4 is 10.7 Å². The minimum atomic E-state index is 0.453. The van der Waals surface area contributed by atoms with Crippen molar-refractivity contribution in [2.75, 3.05) is 5.32 Å². The predicted octanol–water partition coefficient (Wildman–Crippen LogP) is 2.79. The van der Waals surface area contributed by atoms with Crippen molar-refractivity contribution in [3.8, 4) is 0 Å². The summed E-state index contributed by atoms with van der Waals surface area (Å²) in [5.41, 5.74) is 5.52. The van der Waals surface area contributed by atoms with Gasteiger partial charge in [0, 0.05) is 23.6 Å². The van der Waals surface area contributed by atoms with Crippen LogP contribution >= 0.6 is 12.2 Å². The summed E-state index contributed by atoms with van der Waals surface area (Å²) in [6.07, 6.45) is 3.49. The van der Waals surface area contributed by atoms with Crippen LogP contribution in [0.2, 0.25) is 0 Å². The maximum absolute atomic E-state index is 5.16. The summed E-state index contributed by atoms with van der Waals surface area (Å²) >= 11 is 5.16. The molecule has 0 radical (unpaired) electrons.